The van der Waals surface area contributed by atoms with E-state index >= 15 is 0 Å². The van der Waals surface area contributed by atoms with Crippen LogP contribution in [-0.2, 0) is 7.05 Å². The van der Waals surface area contributed by atoms with Gasteiger partial charge in [-0.2, -0.15) is 10.2 Å². The van der Waals surface area contributed by atoms with Crippen molar-refractivity contribution < 1.29 is 0 Å². The Morgan fingerprint density at radius 2 is 1.12 bits per heavy atom. The Balaban J connectivity index is 0.000000898. The number of hydrogen-bond acceptors (Lipinski definition) is 2. The van der Waals surface area contributed by atoms with Crippen molar-refractivity contribution in [3.05, 3.63) is 171 Å². The fourth-order valence-corrected chi connectivity index (χ4v) is 7.50. The average molecular weight is 747 g/mol. The smallest absolute Gasteiger partial charge is 0.0763 e. The van der Waals surface area contributed by atoms with Gasteiger partial charge in [0, 0.05) is 46.0 Å². The van der Waals surface area contributed by atoms with Crippen molar-refractivity contribution in [3.63, 3.8) is 0 Å². The largest absolute Gasteiger partial charge is 0.344 e. The molecule has 0 radical (unpaired) electrons. The van der Waals surface area contributed by atoms with Crippen LogP contribution in [0, 0.1) is 0 Å². The Labute approximate surface area is 300 Å². The highest BCUT2D eigenvalue weighted by Gasteiger charge is 2.19. The zero-order valence-electron chi connectivity index (χ0n) is 27.4. The van der Waals surface area contributed by atoms with E-state index < -0.39 is 0 Å². The molecule has 238 valence electrons. The summed E-state index contributed by atoms with van der Waals surface area (Å²) in [5.74, 6) is 0. The van der Waals surface area contributed by atoms with Crippen LogP contribution in [0.2, 0.25) is 0 Å². The lowest BCUT2D eigenvalue weighted by Gasteiger charge is -2.12. The molecule has 0 fully saturated rings. The molecule has 0 atom stereocenters. The van der Waals surface area contributed by atoms with Gasteiger partial charge in [0.25, 0.3) is 0 Å². The summed E-state index contributed by atoms with van der Waals surface area (Å²) < 4.78 is 4.52. The number of nitrogens with zero attached hydrogens (tertiary/aromatic N) is 4. The fraction of sp³-hybridized carbons (Fsp3) is 0.0455. The Morgan fingerprint density at radius 1 is 0.592 bits per heavy atom. The third kappa shape index (κ3) is 5.80. The number of fused-ring (bicyclic) bond motifs is 6. The van der Waals surface area contributed by atoms with E-state index in [9.17, 15) is 0 Å². The quantitative estimate of drug-likeness (QED) is 0.115. The van der Waals surface area contributed by atoms with Crippen molar-refractivity contribution in [2.75, 3.05) is 0 Å². The molecule has 1 aliphatic heterocycles. The lowest BCUT2D eigenvalue weighted by Crippen LogP contribution is -2.06. The van der Waals surface area contributed by atoms with Crippen molar-refractivity contribution in [3.8, 4) is 22.3 Å². The summed E-state index contributed by atoms with van der Waals surface area (Å²) in [6, 6.07) is 37.6. The number of para-hydroxylation sites is 2. The molecule has 2 aromatic heterocycles. The molecule has 0 N–H and O–H groups in total. The molecule has 49 heavy (non-hydrogen) atoms. The van der Waals surface area contributed by atoms with Crippen molar-refractivity contribution in [2.24, 2.45) is 17.3 Å². The third-order valence-corrected chi connectivity index (χ3v) is 10.1. The van der Waals surface area contributed by atoms with E-state index in [0.29, 0.717) is 6.42 Å². The van der Waals surface area contributed by atoms with Crippen LogP contribution in [-0.4, -0.2) is 18.8 Å². The number of aryl methyl sites for hydroxylation is 1. The molecule has 0 aliphatic carbocycles. The molecule has 0 unspecified atom stereocenters. The topological polar surface area (TPSA) is 34.6 Å². The van der Waals surface area contributed by atoms with Crippen molar-refractivity contribution in [1.82, 2.24) is 7.35 Å². The Kier molecular flexibility index (Phi) is 8.85. The maximum Gasteiger partial charge on any atom is 0.0763 e. The molecular weight excluding hydrogens is 711 g/mol. The van der Waals surface area contributed by atoms with Crippen LogP contribution >= 0.6 is 22.9 Å². The number of halogens is 1. The van der Waals surface area contributed by atoms with Gasteiger partial charge in [0.05, 0.1) is 45.3 Å². The first-order chi connectivity index (χ1) is 23.9. The number of benzene rings is 5. The van der Waals surface area contributed by atoms with Crippen LogP contribution in [0.5, 0.6) is 0 Å². The van der Waals surface area contributed by atoms with E-state index in [0.717, 1.165) is 33.7 Å². The molecule has 5 heteroatoms. The van der Waals surface area contributed by atoms with Gasteiger partial charge in [0.15, 0.2) is 0 Å². The second kappa shape index (κ2) is 13.5. The summed E-state index contributed by atoms with van der Waals surface area (Å²) in [6.45, 7) is 14.5. The zero-order valence-corrected chi connectivity index (χ0v) is 29.6. The van der Waals surface area contributed by atoms with E-state index in [-0.39, 0.29) is 0 Å². The molecule has 0 amide bonds. The lowest BCUT2D eigenvalue weighted by molar-refractivity contribution is 1.01. The van der Waals surface area contributed by atoms with Crippen molar-refractivity contribution >= 4 is 77.9 Å². The van der Waals surface area contributed by atoms with Gasteiger partial charge in [-0.1, -0.05) is 105 Å². The number of aromatic nitrogens is 2. The van der Waals surface area contributed by atoms with E-state index in [1.54, 1.807) is 18.2 Å². The van der Waals surface area contributed by atoms with E-state index in [1.165, 1.54) is 54.7 Å². The Bertz CT molecular complexity index is 2430. The summed E-state index contributed by atoms with van der Waals surface area (Å²) in [6.07, 6.45) is 9.43. The molecule has 7 aromatic rings. The number of allylic oxidation sites excluding steroid dienone is 6. The van der Waals surface area contributed by atoms with E-state index in [2.05, 4.69) is 177 Å². The Hall–Kier alpha value is -5.53. The highest BCUT2D eigenvalue weighted by molar-refractivity contribution is 14.1. The van der Waals surface area contributed by atoms with Gasteiger partial charge in [-0.15, -0.1) is 0 Å². The standard InChI is InChI=1S/C40H29IN4.C4H6/c1-4-10-25(5-2)35-24-36(43-42-35)30-20-28(26-15-17-38-33(22-26)31-11-6-8-13-37(31)44(38)3)19-29(21-30)27-16-18-40-34(23-27)32-12-7-9-14-39(32)45(40)41;1-3-4-2/h4-23H,1-2,24H2,3H3;3-4H,1-2H2/b25-10+;. The zero-order chi connectivity index (χ0) is 34.1. The molecule has 0 saturated heterocycles. The maximum atomic E-state index is 4.67. The minimum atomic E-state index is 0.637. The SMILES string of the molecule is C=C/C=C(\C=C)C1=NN=C(c2cc(-c3ccc4c(c3)c3ccccc3n4C)cc(-c3ccc4c(c3)c3ccccc3n4I)c2)C1.C=CC=C. The second-order valence-corrected chi connectivity index (χ2v) is 12.9. The number of hydrogen-bond donors (Lipinski definition) is 0. The van der Waals surface area contributed by atoms with Gasteiger partial charge >= 0.3 is 0 Å². The summed E-state index contributed by atoms with van der Waals surface area (Å²) in [4.78, 5) is 0. The van der Waals surface area contributed by atoms with Crippen molar-refractivity contribution in [1.29, 1.82) is 0 Å². The van der Waals surface area contributed by atoms with Gasteiger partial charge in [-0.3, -0.25) is 2.78 Å². The first-order valence-corrected chi connectivity index (χ1v) is 17.1. The predicted octanol–water partition coefficient (Wildman–Crippen LogP) is 12.2. The van der Waals surface area contributed by atoms with Gasteiger partial charge in [0.2, 0.25) is 0 Å². The first kappa shape index (κ1) is 32.0. The van der Waals surface area contributed by atoms with Crippen LogP contribution in [0.3, 0.4) is 0 Å². The van der Waals surface area contributed by atoms with Crippen LogP contribution in [0.15, 0.2) is 176 Å². The molecule has 0 spiro atoms. The van der Waals surface area contributed by atoms with Gasteiger partial charge in [-0.05, 0) is 88.0 Å². The lowest BCUT2D eigenvalue weighted by atomic mass is 9.92. The second-order valence-electron chi connectivity index (χ2n) is 11.9. The predicted molar refractivity (Wildman–Crippen MR) is 221 cm³/mol. The van der Waals surface area contributed by atoms with Crippen molar-refractivity contribution in [2.45, 2.75) is 6.42 Å². The highest BCUT2D eigenvalue weighted by atomic mass is 127. The van der Waals surface area contributed by atoms with Gasteiger partial charge < -0.3 is 4.57 Å². The monoisotopic (exact) mass is 746 g/mol. The van der Waals surface area contributed by atoms with Gasteiger partial charge in [-0.25, -0.2) is 0 Å². The average Bonchev–Trinajstić information content (AvgIpc) is 3.84. The van der Waals surface area contributed by atoms with Gasteiger partial charge in [0.1, 0.15) is 0 Å². The van der Waals surface area contributed by atoms with Crippen LogP contribution in [0.25, 0.3) is 65.9 Å². The number of rotatable bonds is 7. The molecule has 1 aliphatic rings. The molecule has 0 bridgehead atoms. The highest BCUT2D eigenvalue weighted by Crippen LogP contribution is 2.37. The Morgan fingerprint density at radius 3 is 1.76 bits per heavy atom. The molecular formula is C44H35IN4. The minimum Gasteiger partial charge on any atom is -0.344 e. The minimum absolute atomic E-state index is 0.637. The summed E-state index contributed by atoms with van der Waals surface area (Å²) in [5.41, 5.74) is 13.4. The van der Waals surface area contributed by atoms with Crippen LogP contribution in [0.1, 0.15) is 12.0 Å². The molecule has 0 saturated carbocycles. The summed E-state index contributed by atoms with van der Waals surface area (Å²) in [7, 11) is 2.14. The first-order valence-electron chi connectivity index (χ1n) is 16.1. The normalized spacial score (nSPS) is 12.9. The fourth-order valence-electron chi connectivity index (χ4n) is 6.66. The molecule has 4 nitrogen and oxygen atoms in total. The van der Waals surface area contributed by atoms with E-state index in [4.69, 9.17) is 0 Å². The molecule has 5 aromatic carbocycles. The van der Waals surface area contributed by atoms with Crippen LogP contribution < -0.4 is 0 Å². The summed E-state index contributed by atoms with van der Waals surface area (Å²) in [5, 5.41) is 14.2. The summed E-state index contributed by atoms with van der Waals surface area (Å²) >= 11 is 2.40. The third-order valence-electron chi connectivity index (χ3n) is 9.10. The maximum absolute atomic E-state index is 4.67. The molecule has 8 rings (SSSR count). The molecule has 3 heterocycles. The van der Waals surface area contributed by atoms with E-state index in [1.807, 2.05) is 12.2 Å². The van der Waals surface area contributed by atoms with Crippen LogP contribution in [0.4, 0.5) is 0 Å².